The zero-order valence-electron chi connectivity index (χ0n) is 15.6. The number of nitrogens with zero attached hydrogens (tertiary/aromatic N) is 3. The Morgan fingerprint density at radius 2 is 2.08 bits per heavy atom. The molecule has 0 unspecified atom stereocenters. The number of hydrogen-bond donors (Lipinski definition) is 1. The monoisotopic (exact) mass is 357 g/mol. The van der Waals surface area contributed by atoms with Gasteiger partial charge in [0.2, 0.25) is 0 Å². The lowest BCUT2D eigenvalue weighted by atomic mass is 9.98. The quantitative estimate of drug-likeness (QED) is 0.893. The van der Waals surface area contributed by atoms with Crippen LogP contribution < -0.4 is 0 Å². The van der Waals surface area contributed by atoms with Crippen LogP contribution in [0.2, 0.25) is 0 Å². The maximum absolute atomic E-state index is 13.4. The van der Waals surface area contributed by atoms with E-state index in [-0.39, 0.29) is 24.5 Å². The molecule has 2 heterocycles. The third kappa shape index (κ3) is 3.52. The lowest BCUT2D eigenvalue weighted by Crippen LogP contribution is -2.49. The zero-order valence-corrected chi connectivity index (χ0v) is 15.6. The van der Waals surface area contributed by atoms with Crippen LogP contribution in [0.1, 0.15) is 54.5 Å². The molecule has 1 amide bonds. The van der Waals surface area contributed by atoms with Crippen LogP contribution in [-0.4, -0.2) is 51.6 Å². The van der Waals surface area contributed by atoms with E-state index in [4.69, 9.17) is 4.74 Å². The van der Waals surface area contributed by atoms with Gasteiger partial charge in [-0.2, -0.15) is 5.10 Å². The first-order chi connectivity index (χ1) is 12.6. The van der Waals surface area contributed by atoms with E-state index in [2.05, 4.69) is 18.9 Å². The van der Waals surface area contributed by atoms with Gasteiger partial charge in [-0.3, -0.25) is 9.48 Å². The molecule has 1 aliphatic rings. The highest BCUT2D eigenvalue weighted by Crippen LogP contribution is 2.31. The van der Waals surface area contributed by atoms with E-state index in [0.29, 0.717) is 25.4 Å². The maximum atomic E-state index is 13.4. The molecule has 6 heteroatoms. The van der Waals surface area contributed by atoms with E-state index in [1.54, 1.807) is 4.68 Å². The van der Waals surface area contributed by atoms with Crippen LogP contribution >= 0.6 is 0 Å². The minimum atomic E-state index is -0.433. The Balaban J connectivity index is 1.98. The SMILES string of the molecule is CCn1nc(C(C)C)cc1C(=O)N1CCO[C@H](CO)[C@H]1c1ccccc1. The summed E-state index contributed by atoms with van der Waals surface area (Å²) < 4.78 is 7.51. The van der Waals surface area contributed by atoms with E-state index in [1.165, 1.54) is 0 Å². The molecule has 1 aliphatic heterocycles. The lowest BCUT2D eigenvalue weighted by molar-refractivity contribution is -0.0813. The molecule has 26 heavy (non-hydrogen) atoms. The standard InChI is InChI=1S/C20H27N3O3/c1-4-23-17(12-16(21-23)14(2)3)20(25)22-10-11-26-18(13-24)19(22)15-8-6-5-7-9-15/h5-9,12,14,18-19,24H,4,10-11,13H2,1-3H3/t18-,19-/m1/s1. The molecule has 0 aliphatic carbocycles. The molecule has 0 bridgehead atoms. The summed E-state index contributed by atoms with van der Waals surface area (Å²) in [7, 11) is 0. The highest BCUT2D eigenvalue weighted by Gasteiger charge is 2.37. The van der Waals surface area contributed by atoms with Crippen molar-refractivity contribution in [3.8, 4) is 0 Å². The number of aliphatic hydroxyl groups is 1. The molecule has 1 aromatic carbocycles. The van der Waals surface area contributed by atoms with Gasteiger partial charge in [-0.05, 0) is 24.5 Å². The van der Waals surface area contributed by atoms with Crippen LogP contribution in [0.3, 0.4) is 0 Å². The summed E-state index contributed by atoms with van der Waals surface area (Å²) in [6.07, 6.45) is -0.433. The third-order valence-corrected chi connectivity index (χ3v) is 4.84. The summed E-state index contributed by atoms with van der Waals surface area (Å²) in [4.78, 5) is 15.2. The topological polar surface area (TPSA) is 67.6 Å². The van der Waals surface area contributed by atoms with Crippen LogP contribution in [0.25, 0.3) is 0 Å². The molecule has 1 aromatic heterocycles. The summed E-state index contributed by atoms with van der Waals surface area (Å²) in [6.45, 7) is 7.53. The summed E-state index contributed by atoms with van der Waals surface area (Å²) in [5.74, 6) is 0.191. The van der Waals surface area contributed by atoms with Gasteiger partial charge in [0.15, 0.2) is 0 Å². The molecule has 2 aromatic rings. The molecule has 6 nitrogen and oxygen atoms in total. The number of carbonyl (C=O) groups excluding carboxylic acids is 1. The first kappa shape index (κ1) is 18.6. The predicted octanol–water partition coefficient (Wildman–Crippen LogP) is 2.60. The van der Waals surface area contributed by atoms with Crippen LogP contribution in [0.5, 0.6) is 0 Å². The first-order valence-electron chi connectivity index (χ1n) is 9.22. The van der Waals surface area contributed by atoms with Gasteiger partial charge in [0.05, 0.1) is 24.9 Å². The maximum Gasteiger partial charge on any atom is 0.272 e. The number of amides is 1. The van der Waals surface area contributed by atoms with Gasteiger partial charge in [-0.15, -0.1) is 0 Å². The number of aliphatic hydroxyl groups excluding tert-OH is 1. The summed E-state index contributed by atoms with van der Waals surface area (Å²) in [5.41, 5.74) is 2.47. The van der Waals surface area contributed by atoms with Crippen molar-refractivity contribution in [2.24, 2.45) is 0 Å². The first-order valence-corrected chi connectivity index (χ1v) is 9.22. The van der Waals surface area contributed by atoms with Crippen LogP contribution in [0.4, 0.5) is 0 Å². The van der Waals surface area contributed by atoms with Gasteiger partial charge in [0, 0.05) is 13.1 Å². The number of aryl methyl sites for hydroxylation is 1. The second-order valence-corrected chi connectivity index (χ2v) is 6.87. The Labute approximate surface area is 154 Å². The van der Waals surface area contributed by atoms with Gasteiger partial charge in [-0.25, -0.2) is 0 Å². The number of ether oxygens (including phenoxy) is 1. The number of morpholine rings is 1. The summed E-state index contributed by atoms with van der Waals surface area (Å²) in [6, 6.07) is 11.3. The fourth-order valence-electron chi connectivity index (χ4n) is 3.44. The molecule has 0 radical (unpaired) electrons. The molecule has 1 N–H and O–H groups in total. The minimum Gasteiger partial charge on any atom is -0.394 e. The second-order valence-electron chi connectivity index (χ2n) is 6.87. The van der Waals surface area contributed by atoms with E-state index < -0.39 is 6.10 Å². The molecule has 2 atom stereocenters. The minimum absolute atomic E-state index is 0.0677. The van der Waals surface area contributed by atoms with Crippen molar-refractivity contribution in [2.75, 3.05) is 19.8 Å². The van der Waals surface area contributed by atoms with Crippen molar-refractivity contribution in [1.82, 2.24) is 14.7 Å². The normalized spacial score (nSPS) is 20.6. The molecule has 0 spiro atoms. The fraction of sp³-hybridized carbons (Fsp3) is 0.500. The van der Waals surface area contributed by atoms with Crippen molar-refractivity contribution in [2.45, 2.75) is 45.4 Å². The second kappa shape index (κ2) is 8.01. The van der Waals surface area contributed by atoms with Gasteiger partial charge in [-0.1, -0.05) is 44.2 Å². The highest BCUT2D eigenvalue weighted by atomic mass is 16.5. The zero-order chi connectivity index (χ0) is 18.7. The van der Waals surface area contributed by atoms with E-state index >= 15 is 0 Å². The van der Waals surface area contributed by atoms with Crippen molar-refractivity contribution in [3.63, 3.8) is 0 Å². The van der Waals surface area contributed by atoms with Crippen LogP contribution in [0, 0.1) is 0 Å². The van der Waals surface area contributed by atoms with Crippen molar-refractivity contribution < 1.29 is 14.6 Å². The van der Waals surface area contributed by atoms with Crippen LogP contribution in [0.15, 0.2) is 36.4 Å². The van der Waals surface area contributed by atoms with E-state index in [9.17, 15) is 9.90 Å². The lowest BCUT2D eigenvalue weighted by Gasteiger charge is -2.40. The van der Waals surface area contributed by atoms with Gasteiger partial charge in [0.25, 0.3) is 5.91 Å². The van der Waals surface area contributed by atoms with E-state index in [0.717, 1.165) is 11.3 Å². The fourth-order valence-corrected chi connectivity index (χ4v) is 3.44. The van der Waals surface area contributed by atoms with Gasteiger partial charge >= 0.3 is 0 Å². The van der Waals surface area contributed by atoms with Crippen molar-refractivity contribution in [3.05, 3.63) is 53.3 Å². The Hall–Kier alpha value is -2.18. The third-order valence-electron chi connectivity index (χ3n) is 4.84. The number of aromatic nitrogens is 2. The smallest absolute Gasteiger partial charge is 0.272 e. The molecule has 140 valence electrons. The number of rotatable bonds is 5. The molecule has 3 rings (SSSR count). The molecule has 0 saturated carbocycles. The Morgan fingerprint density at radius 3 is 2.69 bits per heavy atom. The number of benzene rings is 1. The Bertz CT molecular complexity index is 742. The van der Waals surface area contributed by atoms with Crippen LogP contribution in [-0.2, 0) is 11.3 Å². The van der Waals surface area contributed by atoms with E-state index in [1.807, 2.05) is 48.2 Å². The Morgan fingerprint density at radius 1 is 1.35 bits per heavy atom. The molecular formula is C20H27N3O3. The highest BCUT2D eigenvalue weighted by molar-refractivity contribution is 5.93. The summed E-state index contributed by atoms with van der Waals surface area (Å²) >= 11 is 0. The molecular weight excluding hydrogens is 330 g/mol. The molecule has 1 saturated heterocycles. The number of carbonyl (C=O) groups is 1. The Kier molecular flexibility index (Phi) is 5.74. The van der Waals surface area contributed by atoms with Gasteiger partial charge < -0.3 is 14.7 Å². The predicted molar refractivity (Wildman–Crippen MR) is 99.0 cm³/mol. The van der Waals surface area contributed by atoms with Gasteiger partial charge in [0.1, 0.15) is 11.8 Å². The average molecular weight is 357 g/mol. The largest absolute Gasteiger partial charge is 0.394 e. The van der Waals surface area contributed by atoms with Crippen molar-refractivity contribution >= 4 is 5.91 Å². The molecule has 1 fully saturated rings. The summed E-state index contributed by atoms with van der Waals surface area (Å²) in [5, 5.41) is 14.4. The number of hydrogen-bond acceptors (Lipinski definition) is 4. The average Bonchev–Trinajstić information content (AvgIpc) is 3.12. The van der Waals surface area contributed by atoms with Crippen molar-refractivity contribution in [1.29, 1.82) is 0 Å².